The summed E-state index contributed by atoms with van der Waals surface area (Å²) in [4.78, 5) is 9.34. The van der Waals surface area contributed by atoms with E-state index in [1.807, 2.05) is 0 Å². The zero-order valence-electron chi connectivity index (χ0n) is 12.8. The number of fused-ring (bicyclic) bond motifs is 1. The van der Waals surface area contributed by atoms with Crippen LogP contribution < -0.4 is 9.80 Å². The number of rotatable bonds is 2. The zero-order valence-corrected chi connectivity index (χ0v) is 12.8. The molecule has 0 atom stereocenters. The van der Waals surface area contributed by atoms with Gasteiger partial charge in [-0.2, -0.15) is 10.1 Å². The fourth-order valence-corrected chi connectivity index (χ4v) is 3.36. The lowest BCUT2D eigenvalue weighted by Crippen LogP contribution is -2.34. The van der Waals surface area contributed by atoms with Crippen LogP contribution in [0.4, 0.5) is 11.8 Å². The highest BCUT2D eigenvalue weighted by Crippen LogP contribution is 2.24. The van der Waals surface area contributed by atoms with Gasteiger partial charge >= 0.3 is 0 Å². The van der Waals surface area contributed by atoms with Crippen LogP contribution >= 0.6 is 0 Å². The number of benzene rings is 1. The molecular weight excluding hydrogens is 274 g/mol. The molecule has 3 heterocycles. The van der Waals surface area contributed by atoms with E-state index in [2.05, 4.69) is 44.3 Å². The SMILES string of the molecule is c1ccc2c(c1)CCN(c1cnnc(N3CCCCC3)n1)C2. The lowest BCUT2D eigenvalue weighted by atomic mass is 10.0. The molecule has 5 nitrogen and oxygen atoms in total. The average Bonchev–Trinajstić information content (AvgIpc) is 2.62. The molecule has 0 saturated carbocycles. The summed E-state index contributed by atoms with van der Waals surface area (Å²) in [6.45, 7) is 4.01. The van der Waals surface area contributed by atoms with Crippen molar-refractivity contribution in [1.29, 1.82) is 0 Å². The summed E-state index contributed by atoms with van der Waals surface area (Å²) in [6, 6.07) is 8.67. The first-order chi connectivity index (χ1) is 10.9. The molecule has 0 N–H and O–H groups in total. The van der Waals surface area contributed by atoms with Crippen LogP contribution in [0.15, 0.2) is 30.5 Å². The minimum atomic E-state index is 0.788. The van der Waals surface area contributed by atoms with Crippen LogP contribution in [0.2, 0.25) is 0 Å². The van der Waals surface area contributed by atoms with Gasteiger partial charge in [0.25, 0.3) is 0 Å². The van der Waals surface area contributed by atoms with Crippen LogP contribution in [-0.4, -0.2) is 34.8 Å². The maximum absolute atomic E-state index is 4.77. The maximum Gasteiger partial charge on any atom is 0.247 e. The third kappa shape index (κ3) is 2.63. The molecule has 0 aliphatic carbocycles. The summed E-state index contributed by atoms with van der Waals surface area (Å²) in [5, 5.41) is 8.44. The minimum absolute atomic E-state index is 0.788. The number of anilines is 2. The van der Waals surface area contributed by atoms with E-state index in [-0.39, 0.29) is 0 Å². The van der Waals surface area contributed by atoms with Crippen molar-refractivity contribution >= 4 is 11.8 Å². The van der Waals surface area contributed by atoms with Crippen molar-refractivity contribution in [3.05, 3.63) is 41.6 Å². The number of aromatic nitrogens is 3. The molecule has 0 unspecified atom stereocenters. The molecule has 2 aliphatic heterocycles. The first-order valence-corrected chi connectivity index (χ1v) is 8.16. The van der Waals surface area contributed by atoms with Crippen molar-refractivity contribution < 1.29 is 0 Å². The van der Waals surface area contributed by atoms with Gasteiger partial charge in [-0.3, -0.25) is 0 Å². The Morgan fingerprint density at radius 1 is 0.864 bits per heavy atom. The summed E-state index contributed by atoms with van der Waals surface area (Å²) in [5.41, 5.74) is 2.85. The van der Waals surface area contributed by atoms with Gasteiger partial charge in [0.05, 0.1) is 6.20 Å². The van der Waals surface area contributed by atoms with Crippen molar-refractivity contribution in [1.82, 2.24) is 15.2 Å². The van der Waals surface area contributed by atoms with Crippen molar-refractivity contribution in [2.24, 2.45) is 0 Å². The summed E-state index contributed by atoms with van der Waals surface area (Å²) >= 11 is 0. The third-order valence-electron chi connectivity index (χ3n) is 4.63. The predicted octanol–water partition coefficient (Wildman–Crippen LogP) is 2.42. The second-order valence-electron chi connectivity index (χ2n) is 6.10. The van der Waals surface area contributed by atoms with E-state index in [0.717, 1.165) is 44.4 Å². The molecule has 4 rings (SSSR count). The second-order valence-corrected chi connectivity index (χ2v) is 6.10. The second kappa shape index (κ2) is 5.91. The molecule has 0 amide bonds. The molecule has 1 fully saturated rings. The quantitative estimate of drug-likeness (QED) is 0.851. The molecule has 22 heavy (non-hydrogen) atoms. The third-order valence-corrected chi connectivity index (χ3v) is 4.63. The smallest absolute Gasteiger partial charge is 0.247 e. The fraction of sp³-hybridized carbons (Fsp3) is 0.471. The normalized spacial score (nSPS) is 18.2. The Hall–Kier alpha value is -2.17. The Morgan fingerprint density at radius 3 is 2.55 bits per heavy atom. The Kier molecular flexibility index (Phi) is 3.62. The van der Waals surface area contributed by atoms with Gasteiger partial charge in [0.15, 0.2) is 5.82 Å². The number of piperidine rings is 1. The number of hydrogen-bond acceptors (Lipinski definition) is 5. The number of nitrogens with zero attached hydrogens (tertiary/aromatic N) is 5. The molecule has 0 radical (unpaired) electrons. The monoisotopic (exact) mass is 295 g/mol. The van der Waals surface area contributed by atoms with E-state index in [1.54, 1.807) is 6.20 Å². The van der Waals surface area contributed by atoms with E-state index < -0.39 is 0 Å². The molecule has 5 heteroatoms. The topological polar surface area (TPSA) is 45.2 Å². The molecule has 114 valence electrons. The lowest BCUT2D eigenvalue weighted by Gasteiger charge is -2.31. The van der Waals surface area contributed by atoms with Crippen LogP contribution in [0.25, 0.3) is 0 Å². The molecule has 0 spiro atoms. The summed E-state index contributed by atoms with van der Waals surface area (Å²) in [6.07, 6.45) is 6.63. The van der Waals surface area contributed by atoms with Gasteiger partial charge in [0.2, 0.25) is 5.95 Å². The van der Waals surface area contributed by atoms with Crippen molar-refractivity contribution in [2.75, 3.05) is 29.4 Å². The Balaban J connectivity index is 1.56. The molecule has 0 bridgehead atoms. The summed E-state index contributed by atoms with van der Waals surface area (Å²) in [5.74, 6) is 1.74. The van der Waals surface area contributed by atoms with Crippen molar-refractivity contribution in [3.8, 4) is 0 Å². The Bertz CT molecular complexity index is 651. The van der Waals surface area contributed by atoms with E-state index in [9.17, 15) is 0 Å². The zero-order chi connectivity index (χ0) is 14.8. The molecule has 1 aromatic carbocycles. The van der Waals surface area contributed by atoms with E-state index in [4.69, 9.17) is 4.98 Å². The highest BCUT2D eigenvalue weighted by molar-refractivity contribution is 5.45. The maximum atomic E-state index is 4.77. The number of hydrogen-bond donors (Lipinski definition) is 0. The van der Waals surface area contributed by atoms with Crippen molar-refractivity contribution in [2.45, 2.75) is 32.2 Å². The van der Waals surface area contributed by atoms with Gasteiger partial charge in [-0.25, -0.2) is 0 Å². The van der Waals surface area contributed by atoms with Crippen LogP contribution in [-0.2, 0) is 13.0 Å². The van der Waals surface area contributed by atoms with Gasteiger partial charge < -0.3 is 9.80 Å². The van der Waals surface area contributed by atoms with Gasteiger partial charge in [0, 0.05) is 26.2 Å². The Morgan fingerprint density at radius 2 is 1.68 bits per heavy atom. The average molecular weight is 295 g/mol. The lowest BCUT2D eigenvalue weighted by molar-refractivity contribution is 0.564. The molecule has 2 aliphatic rings. The highest BCUT2D eigenvalue weighted by Gasteiger charge is 2.20. The van der Waals surface area contributed by atoms with E-state index >= 15 is 0 Å². The van der Waals surface area contributed by atoms with Crippen LogP contribution in [0.5, 0.6) is 0 Å². The van der Waals surface area contributed by atoms with E-state index in [0.29, 0.717) is 0 Å². The largest absolute Gasteiger partial charge is 0.350 e. The minimum Gasteiger partial charge on any atom is -0.350 e. The standard InChI is InChI=1S/C17H21N5/c1-4-9-21(10-5-1)17-19-16(12-18-20-17)22-11-8-14-6-2-3-7-15(14)13-22/h2-3,6-7,12H,1,4-5,8-11,13H2. The molecule has 1 aromatic heterocycles. The van der Waals surface area contributed by atoms with Gasteiger partial charge in [-0.15, -0.1) is 5.10 Å². The van der Waals surface area contributed by atoms with Gasteiger partial charge in [0.1, 0.15) is 0 Å². The molecule has 1 saturated heterocycles. The van der Waals surface area contributed by atoms with Crippen LogP contribution in [0.3, 0.4) is 0 Å². The van der Waals surface area contributed by atoms with Gasteiger partial charge in [-0.05, 0) is 36.8 Å². The summed E-state index contributed by atoms with van der Waals surface area (Å²) in [7, 11) is 0. The molecular formula is C17H21N5. The summed E-state index contributed by atoms with van der Waals surface area (Å²) < 4.78 is 0. The van der Waals surface area contributed by atoms with E-state index in [1.165, 1.54) is 30.4 Å². The van der Waals surface area contributed by atoms with Crippen molar-refractivity contribution in [3.63, 3.8) is 0 Å². The highest BCUT2D eigenvalue weighted by atomic mass is 15.3. The first kappa shape index (κ1) is 13.5. The Labute approximate surface area is 131 Å². The van der Waals surface area contributed by atoms with Crippen LogP contribution in [0, 0.1) is 0 Å². The van der Waals surface area contributed by atoms with Crippen LogP contribution in [0.1, 0.15) is 30.4 Å². The molecule has 2 aromatic rings. The first-order valence-electron chi connectivity index (χ1n) is 8.16. The fourth-order valence-electron chi connectivity index (χ4n) is 3.36. The van der Waals surface area contributed by atoms with Gasteiger partial charge in [-0.1, -0.05) is 24.3 Å². The predicted molar refractivity (Wildman–Crippen MR) is 87.1 cm³/mol.